The van der Waals surface area contributed by atoms with Crippen LogP contribution in [-0.2, 0) is 20.8 Å². The lowest BCUT2D eigenvalue weighted by Gasteiger charge is -2.26. The highest BCUT2D eigenvalue weighted by Crippen LogP contribution is 2.16. The van der Waals surface area contributed by atoms with Crippen LogP contribution in [0.2, 0.25) is 0 Å². The van der Waals surface area contributed by atoms with Crippen LogP contribution in [0.25, 0.3) is 0 Å². The van der Waals surface area contributed by atoms with Gasteiger partial charge in [0.15, 0.2) is 0 Å². The van der Waals surface area contributed by atoms with Crippen LogP contribution in [0.4, 0.5) is 13.6 Å². The SMILES string of the molecule is CNC(=O)NCCC(F)(F)CNC(=O)[C@@H](CCCCN)NC(=O)[C@@H](CC(C)C)NC(=O)[C@H](N)Cc1ccccc1. The summed E-state index contributed by atoms with van der Waals surface area (Å²) in [5, 5.41) is 12.0. The van der Waals surface area contributed by atoms with Crippen molar-refractivity contribution in [3.05, 3.63) is 35.9 Å². The first-order chi connectivity index (χ1) is 18.9. The van der Waals surface area contributed by atoms with Crippen molar-refractivity contribution in [3.8, 4) is 0 Å². The van der Waals surface area contributed by atoms with Crippen LogP contribution in [0, 0.1) is 5.92 Å². The first kappa shape index (κ1) is 34.7. The molecule has 0 radical (unpaired) electrons. The van der Waals surface area contributed by atoms with Crippen molar-refractivity contribution in [1.29, 1.82) is 0 Å². The van der Waals surface area contributed by atoms with E-state index in [2.05, 4.69) is 26.6 Å². The lowest BCUT2D eigenvalue weighted by molar-refractivity contribution is -0.133. The summed E-state index contributed by atoms with van der Waals surface area (Å²) < 4.78 is 28.5. The third-order valence-electron chi connectivity index (χ3n) is 6.08. The van der Waals surface area contributed by atoms with Crippen molar-refractivity contribution < 1.29 is 28.0 Å². The van der Waals surface area contributed by atoms with Gasteiger partial charge in [-0.1, -0.05) is 44.2 Å². The molecular formula is C27H45F2N7O4. The summed E-state index contributed by atoms with van der Waals surface area (Å²) >= 11 is 0. The van der Waals surface area contributed by atoms with Gasteiger partial charge < -0.3 is 38.1 Å². The largest absolute Gasteiger partial charge is 0.348 e. The Morgan fingerprint density at radius 3 is 2.17 bits per heavy atom. The molecule has 226 valence electrons. The van der Waals surface area contributed by atoms with E-state index < -0.39 is 60.8 Å². The average molecular weight is 570 g/mol. The number of urea groups is 1. The van der Waals surface area contributed by atoms with Gasteiger partial charge in [-0.2, -0.15) is 0 Å². The molecule has 0 heterocycles. The van der Waals surface area contributed by atoms with E-state index in [0.717, 1.165) is 5.56 Å². The van der Waals surface area contributed by atoms with Crippen molar-refractivity contribution in [1.82, 2.24) is 26.6 Å². The van der Waals surface area contributed by atoms with E-state index in [1.54, 1.807) is 0 Å². The van der Waals surface area contributed by atoms with Gasteiger partial charge in [0.1, 0.15) is 12.1 Å². The molecule has 0 spiro atoms. The van der Waals surface area contributed by atoms with E-state index in [9.17, 15) is 28.0 Å². The normalized spacial score (nSPS) is 13.6. The number of amides is 5. The molecule has 13 heteroatoms. The first-order valence-electron chi connectivity index (χ1n) is 13.6. The summed E-state index contributed by atoms with van der Waals surface area (Å²) in [6.07, 6.45) is 1.10. The summed E-state index contributed by atoms with van der Waals surface area (Å²) in [5.74, 6) is -5.17. The van der Waals surface area contributed by atoms with Gasteiger partial charge in [-0.15, -0.1) is 0 Å². The number of nitrogens with two attached hydrogens (primary N) is 2. The second kappa shape index (κ2) is 18.1. The van der Waals surface area contributed by atoms with Crippen LogP contribution >= 0.6 is 0 Å². The number of hydrogen-bond donors (Lipinski definition) is 7. The second-order valence-corrected chi connectivity index (χ2v) is 10.2. The van der Waals surface area contributed by atoms with Crippen LogP contribution in [0.3, 0.4) is 0 Å². The Bertz CT molecular complexity index is 935. The molecule has 11 nitrogen and oxygen atoms in total. The van der Waals surface area contributed by atoms with Gasteiger partial charge in [-0.3, -0.25) is 14.4 Å². The molecule has 0 bridgehead atoms. The topological polar surface area (TPSA) is 180 Å². The Labute approximate surface area is 235 Å². The highest BCUT2D eigenvalue weighted by molar-refractivity contribution is 5.93. The molecule has 0 aliphatic rings. The van der Waals surface area contributed by atoms with Crippen LogP contribution in [-0.4, -0.2) is 74.5 Å². The van der Waals surface area contributed by atoms with E-state index in [4.69, 9.17) is 11.5 Å². The molecule has 1 aromatic rings. The highest BCUT2D eigenvalue weighted by atomic mass is 19.3. The van der Waals surface area contributed by atoms with Crippen molar-refractivity contribution in [2.45, 2.75) is 76.4 Å². The zero-order valence-electron chi connectivity index (χ0n) is 23.6. The average Bonchev–Trinajstić information content (AvgIpc) is 2.90. The molecule has 40 heavy (non-hydrogen) atoms. The van der Waals surface area contributed by atoms with Crippen LogP contribution < -0.4 is 38.1 Å². The van der Waals surface area contributed by atoms with Gasteiger partial charge in [0.2, 0.25) is 17.7 Å². The lowest BCUT2D eigenvalue weighted by atomic mass is 10.0. The molecule has 0 aliphatic heterocycles. The number of alkyl halides is 2. The molecule has 0 aliphatic carbocycles. The highest BCUT2D eigenvalue weighted by Gasteiger charge is 2.32. The van der Waals surface area contributed by atoms with Gasteiger partial charge in [-0.25, -0.2) is 13.6 Å². The number of hydrogen-bond acceptors (Lipinski definition) is 6. The maximum absolute atomic E-state index is 14.3. The Kier molecular flexibility index (Phi) is 15.7. The van der Waals surface area contributed by atoms with Gasteiger partial charge in [0.25, 0.3) is 5.92 Å². The monoisotopic (exact) mass is 569 g/mol. The molecule has 0 aromatic heterocycles. The maximum Gasteiger partial charge on any atom is 0.314 e. The summed E-state index contributed by atoms with van der Waals surface area (Å²) in [5.41, 5.74) is 12.5. The molecule has 1 aromatic carbocycles. The van der Waals surface area contributed by atoms with Crippen molar-refractivity contribution in [3.63, 3.8) is 0 Å². The molecule has 9 N–H and O–H groups in total. The zero-order chi connectivity index (χ0) is 30.1. The Balaban J connectivity index is 2.84. The molecule has 5 amide bonds. The molecule has 3 atom stereocenters. The van der Waals surface area contributed by atoms with Crippen LogP contribution in [0.1, 0.15) is 51.5 Å². The lowest BCUT2D eigenvalue weighted by Crippen LogP contribution is -2.56. The third kappa shape index (κ3) is 14.2. The molecular weight excluding hydrogens is 524 g/mol. The molecule has 0 saturated carbocycles. The summed E-state index contributed by atoms with van der Waals surface area (Å²) in [6.45, 7) is 2.86. The van der Waals surface area contributed by atoms with Crippen molar-refractivity contribution >= 4 is 23.8 Å². The predicted molar refractivity (Wildman–Crippen MR) is 149 cm³/mol. The minimum atomic E-state index is -3.29. The van der Waals surface area contributed by atoms with Crippen LogP contribution in [0.5, 0.6) is 0 Å². The summed E-state index contributed by atoms with van der Waals surface area (Å²) in [6, 6.07) is 5.64. The smallest absolute Gasteiger partial charge is 0.314 e. The molecule has 0 unspecified atom stereocenters. The summed E-state index contributed by atoms with van der Waals surface area (Å²) in [7, 11) is 1.36. The minimum absolute atomic E-state index is 0.0213. The fourth-order valence-electron chi connectivity index (χ4n) is 3.85. The van der Waals surface area contributed by atoms with E-state index in [1.165, 1.54) is 7.05 Å². The predicted octanol–water partition coefficient (Wildman–Crippen LogP) is 0.772. The summed E-state index contributed by atoms with van der Waals surface area (Å²) in [4.78, 5) is 50.0. The number of carbonyl (C=O) groups is 4. The third-order valence-corrected chi connectivity index (χ3v) is 6.08. The molecule has 0 fully saturated rings. The Morgan fingerprint density at radius 2 is 1.57 bits per heavy atom. The van der Waals surface area contributed by atoms with Gasteiger partial charge >= 0.3 is 6.03 Å². The van der Waals surface area contributed by atoms with E-state index >= 15 is 0 Å². The Hall–Kier alpha value is -3.32. The number of carbonyl (C=O) groups excluding carboxylic acids is 4. The van der Waals surface area contributed by atoms with Gasteiger partial charge in [0.05, 0.1) is 12.6 Å². The number of rotatable bonds is 18. The minimum Gasteiger partial charge on any atom is -0.348 e. The number of benzene rings is 1. The van der Waals surface area contributed by atoms with Gasteiger partial charge in [0, 0.05) is 20.0 Å². The molecule has 1 rings (SSSR count). The number of unbranched alkanes of at least 4 members (excludes halogenated alkanes) is 1. The zero-order valence-corrected chi connectivity index (χ0v) is 23.6. The van der Waals surface area contributed by atoms with Crippen molar-refractivity contribution in [2.24, 2.45) is 17.4 Å². The standard InChI is InChI=1S/C27H45F2N7O4/c1-18(2)15-22(36-23(37)20(31)16-19-9-5-4-6-10-19)25(39)35-21(11-7-8-13-30)24(38)34-17-27(28,29)12-14-33-26(40)32-3/h4-6,9-10,18,20-22H,7-8,11-17,30-31H2,1-3H3,(H,34,38)(H,35,39)(H,36,37)(H2,32,33,40)/t20-,21-,22-/m1/s1. The van der Waals surface area contributed by atoms with E-state index in [-0.39, 0.29) is 31.7 Å². The molecule has 0 saturated heterocycles. The van der Waals surface area contributed by atoms with Crippen molar-refractivity contribution in [2.75, 3.05) is 26.7 Å². The quantitative estimate of drug-likeness (QED) is 0.128. The first-order valence-corrected chi connectivity index (χ1v) is 13.6. The van der Waals surface area contributed by atoms with E-state index in [0.29, 0.717) is 19.4 Å². The second-order valence-electron chi connectivity index (χ2n) is 10.2. The maximum atomic E-state index is 14.3. The number of nitrogens with one attached hydrogen (secondary N) is 5. The van der Waals surface area contributed by atoms with Gasteiger partial charge in [-0.05, 0) is 50.1 Å². The fraction of sp³-hybridized carbons (Fsp3) is 0.630. The number of halogens is 2. The van der Waals surface area contributed by atoms with E-state index in [1.807, 2.05) is 44.2 Å². The van der Waals surface area contributed by atoms with Crippen LogP contribution in [0.15, 0.2) is 30.3 Å². The Morgan fingerprint density at radius 1 is 0.925 bits per heavy atom. The fourth-order valence-corrected chi connectivity index (χ4v) is 3.85.